The van der Waals surface area contributed by atoms with E-state index in [-0.39, 0.29) is 11.5 Å². The minimum absolute atomic E-state index is 0. The maximum Gasteiger partial charge on any atom is 0.319 e. The molecule has 0 bridgehead atoms. The maximum absolute atomic E-state index is 10.8. The second kappa shape index (κ2) is 2.68. The van der Waals surface area contributed by atoms with Crippen molar-refractivity contribution in [1.29, 1.82) is 0 Å². The third kappa shape index (κ3) is 1.32. The molecule has 2 amide bonds. The number of carbonyl (C=O) groups is 1. The summed E-state index contributed by atoms with van der Waals surface area (Å²) >= 11 is 0. The first kappa shape index (κ1) is 8.23. The molecule has 0 atom stereocenters. The Morgan fingerprint density at radius 2 is 1.56 bits per heavy atom. The maximum atomic E-state index is 10.8. The smallest absolute Gasteiger partial charge is 0.319 e. The SMILES string of the molecule is CN1CCN(C)C1=O.O. The summed E-state index contributed by atoms with van der Waals surface area (Å²) in [5.74, 6) is 0. The molecule has 0 spiro atoms. The van der Waals surface area contributed by atoms with Crippen LogP contribution in [0.5, 0.6) is 0 Å². The van der Waals surface area contributed by atoms with Crippen molar-refractivity contribution in [2.24, 2.45) is 0 Å². The standard InChI is InChI=1S/C5H10N2O.H2O/c1-6-3-4-7(2)5(6)8;/h3-4H2,1-2H3;1H2. The molecule has 0 aromatic carbocycles. The molecule has 1 rings (SSSR count). The average molecular weight is 132 g/mol. The van der Waals surface area contributed by atoms with E-state index >= 15 is 0 Å². The van der Waals surface area contributed by atoms with Gasteiger partial charge in [-0.15, -0.1) is 0 Å². The van der Waals surface area contributed by atoms with Gasteiger partial charge in [-0.3, -0.25) is 0 Å². The van der Waals surface area contributed by atoms with Gasteiger partial charge in [0.15, 0.2) is 0 Å². The molecule has 0 aromatic rings. The molecule has 4 nitrogen and oxygen atoms in total. The Morgan fingerprint density at radius 1 is 1.22 bits per heavy atom. The van der Waals surface area contributed by atoms with Crippen molar-refractivity contribution in [3.05, 3.63) is 0 Å². The zero-order valence-corrected chi connectivity index (χ0v) is 5.72. The first-order valence-corrected chi connectivity index (χ1v) is 2.68. The molecule has 0 aliphatic carbocycles. The van der Waals surface area contributed by atoms with Crippen LogP contribution in [0.25, 0.3) is 0 Å². The summed E-state index contributed by atoms with van der Waals surface area (Å²) in [6.07, 6.45) is 0. The van der Waals surface area contributed by atoms with Crippen molar-refractivity contribution in [1.82, 2.24) is 9.80 Å². The van der Waals surface area contributed by atoms with E-state index in [1.807, 2.05) is 14.1 Å². The van der Waals surface area contributed by atoms with Gasteiger partial charge in [-0.2, -0.15) is 0 Å². The number of urea groups is 1. The van der Waals surface area contributed by atoms with Gasteiger partial charge in [-0.05, 0) is 0 Å². The van der Waals surface area contributed by atoms with Crippen molar-refractivity contribution < 1.29 is 10.3 Å². The van der Waals surface area contributed by atoms with Crippen LogP contribution in [-0.2, 0) is 0 Å². The second-order valence-corrected chi connectivity index (χ2v) is 2.13. The lowest BCUT2D eigenvalue weighted by Crippen LogP contribution is -2.25. The van der Waals surface area contributed by atoms with Crippen molar-refractivity contribution in [2.75, 3.05) is 27.2 Å². The summed E-state index contributed by atoms with van der Waals surface area (Å²) < 4.78 is 0. The number of amides is 2. The van der Waals surface area contributed by atoms with Gasteiger partial charge in [0.25, 0.3) is 0 Å². The van der Waals surface area contributed by atoms with Crippen LogP contribution in [0.3, 0.4) is 0 Å². The predicted molar refractivity (Wildman–Crippen MR) is 34.3 cm³/mol. The fraction of sp³-hybridized carbons (Fsp3) is 0.800. The molecule has 9 heavy (non-hydrogen) atoms. The quantitative estimate of drug-likeness (QED) is 0.424. The Kier molecular flexibility index (Phi) is 2.45. The van der Waals surface area contributed by atoms with Gasteiger partial charge >= 0.3 is 6.03 Å². The van der Waals surface area contributed by atoms with Crippen LogP contribution in [0, 0.1) is 0 Å². The number of rotatable bonds is 0. The van der Waals surface area contributed by atoms with Gasteiger partial charge in [0.05, 0.1) is 0 Å². The zero-order chi connectivity index (χ0) is 6.15. The summed E-state index contributed by atoms with van der Waals surface area (Å²) in [4.78, 5) is 14.2. The predicted octanol–water partition coefficient (Wildman–Crippen LogP) is -0.841. The molecule has 0 aromatic heterocycles. The van der Waals surface area contributed by atoms with Crippen molar-refractivity contribution >= 4 is 6.03 Å². The first-order chi connectivity index (χ1) is 3.72. The van der Waals surface area contributed by atoms with Crippen LogP contribution >= 0.6 is 0 Å². The average Bonchev–Trinajstić information content (AvgIpc) is 1.98. The fourth-order valence-electron chi connectivity index (χ4n) is 0.783. The van der Waals surface area contributed by atoms with Crippen LogP contribution in [-0.4, -0.2) is 48.5 Å². The summed E-state index contributed by atoms with van der Waals surface area (Å²) in [5.41, 5.74) is 0. The number of nitrogens with zero attached hydrogens (tertiary/aromatic N) is 2. The van der Waals surface area contributed by atoms with Gasteiger partial charge < -0.3 is 15.3 Å². The third-order valence-electron chi connectivity index (χ3n) is 1.42. The summed E-state index contributed by atoms with van der Waals surface area (Å²) in [7, 11) is 3.62. The van der Waals surface area contributed by atoms with Crippen LogP contribution in [0.15, 0.2) is 0 Å². The molecule has 4 heteroatoms. The molecule has 1 fully saturated rings. The van der Waals surface area contributed by atoms with Crippen LogP contribution in [0.4, 0.5) is 4.79 Å². The molecule has 0 unspecified atom stereocenters. The highest BCUT2D eigenvalue weighted by Gasteiger charge is 2.20. The molecular formula is C5H12N2O2. The van der Waals surface area contributed by atoms with E-state index in [1.165, 1.54) is 0 Å². The van der Waals surface area contributed by atoms with E-state index in [0.717, 1.165) is 13.1 Å². The van der Waals surface area contributed by atoms with Crippen LogP contribution in [0.2, 0.25) is 0 Å². The lowest BCUT2D eigenvalue weighted by atomic mass is 10.6. The number of hydrogen-bond donors (Lipinski definition) is 0. The number of likely N-dealkylation sites (N-methyl/N-ethyl adjacent to an activating group) is 2. The molecular weight excluding hydrogens is 120 g/mol. The lowest BCUT2D eigenvalue weighted by molar-refractivity contribution is 0.205. The third-order valence-corrected chi connectivity index (χ3v) is 1.42. The highest BCUT2D eigenvalue weighted by Crippen LogP contribution is 2.00. The van der Waals surface area contributed by atoms with Crippen LogP contribution in [0.1, 0.15) is 0 Å². The summed E-state index contributed by atoms with van der Waals surface area (Å²) in [5, 5.41) is 0. The van der Waals surface area contributed by atoms with E-state index in [2.05, 4.69) is 0 Å². The topological polar surface area (TPSA) is 55.0 Å². The van der Waals surface area contributed by atoms with Crippen molar-refractivity contribution in [3.63, 3.8) is 0 Å². The largest absolute Gasteiger partial charge is 0.412 e. The van der Waals surface area contributed by atoms with Gasteiger partial charge in [-0.1, -0.05) is 0 Å². The van der Waals surface area contributed by atoms with Gasteiger partial charge in [-0.25, -0.2) is 4.79 Å². The molecule has 0 radical (unpaired) electrons. The highest BCUT2D eigenvalue weighted by molar-refractivity contribution is 5.75. The van der Waals surface area contributed by atoms with Crippen LogP contribution < -0.4 is 0 Å². The number of hydrogen-bond acceptors (Lipinski definition) is 1. The summed E-state index contributed by atoms with van der Waals surface area (Å²) in [6.45, 7) is 1.74. The monoisotopic (exact) mass is 132 g/mol. The Labute approximate surface area is 54.4 Å². The molecule has 1 aliphatic heterocycles. The minimum Gasteiger partial charge on any atom is -0.412 e. The molecule has 1 heterocycles. The highest BCUT2D eigenvalue weighted by atomic mass is 16.2. The Balaban J connectivity index is 0.000000640. The molecule has 1 aliphatic rings. The molecule has 1 saturated heterocycles. The first-order valence-electron chi connectivity index (χ1n) is 2.68. The molecule has 54 valence electrons. The molecule has 2 N–H and O–H groups in total. The van der Waals surface area contributed by atoms with Gasteiger partial charge in [0, 0.05) is 27.2 Å². The van der Waals surface area contributed by atoms with E-state index < -0.39 is 0 Å². The van der Waals surface area contributed by atoms with E-state index in [4.69, 9.17) is 0 Å². The van der Waals surface area contributed by atoms with Crippen molar-refractivity contribution in [2.45, 2.75) is 0 Å². The van der Waals surface area contributed by atoms with E-state index in [9.17, 15) is 4.79 Å². The Bertz CT molecular complexity index is 104. The fourth-order valence-corrected chi connectivity index (χ4v) is 0.783. The zero-order valence-electron chi connectivity index (χ0n) is 5.72. The van der Waals surface area contributed by atoms with Gasteiger partial charge in [0.2, 0.25) is 0 Å². The summed E-state index contributed by atoms with van der Waals surface area (Å²) in [6, 6.07) is 0.130. The number of carbonyl (C=O) groups excluding carboxylic acids is 1. The Morgan fingerprint density at radius 3 is 1.67 bits per heavy atom. The lowest BCUT2D eigenvalue weighted by Gasteiger charge is -2.07. The van der Waals surface area contributed by atoms with Crippen molar-refractivity contribution in [3.8, 4) is 0 Å². The Hall–Kier alpha value is -0.770. The van der Waals surface area contributed by atoms with Gasteiger partial charge in [0.1, 0.15) is 0 Å². The minimum atomic E-state index is 0. The van der Waals surface area contributed by atoms with E-state index in [0.29, 0.717) is 0 Å². The second-order valence-electron chi connectivity index (χ2n) is 2.13. The molecule has 0 saturated carbocycles. The van der Waals surface area contributed by atoms with E-state index in [1.54, 1.807) is 9.80 Å². The normalized spacial score (nSPS) is 18.2.